The minimum absolute atomic E-state index is 0.0270. The summed E-state index contributed by atoms with van der Waals surface area (Å²) in [6.07, 6.45) is 0. The molecule has 7 heteroatoms. The smallest absolute Gasteiger partial charge is 0.340 e. The molecule has 1 aromatic heterocycles. The summed E-state index contributed by atoms with van der Waals surface area (Å²) in [5, 5.41) is 5.48. The van der Waals surface area contributed by atoms with Gasteiger partial charge in [0.1, 0.15) is 0 Å². The number of anilines is 1. The molecule has 0 unspecified atom stereocenters. The number of benzene rings is 1. The number of aryl methyl sites for hydroxylation is 1. The van der Waals surface area contributed by atoms with Crippen LogP contribution in [-0.4, -0.2) is 18.1 Å². The van der Waals surface area contributed by atoms with Crippen molar-refractivity contribution < 1.29 is 18.3 Å². The summed E-state index contributed by atoms with van der Waals surface area (Å²) in [4.78, 5) is 15.4. The fourth-order valence-corrected chi connectivity index (χ4v) is 2.24. The van der Waals surface area contributed by atoms with Crippen molar-refractivity contribution in [1.82, 2.24) is 4.98 Å². The van der Waals surface area contributed by atoms with Gasteiger partial charge in [0.2, 0.25) is 0 Å². The quantitative estimate of drug-likeness (QED) is 0.881. The lowest BCUT2D eigenvalue weighted by Crippen LogP contribution is -2.09. The van der Waals surface area contributed by atoms with E-state index in [1.807, 2.05) is 12.3 Å². The third-order valence-corrected chi connectivity index (χ3v) is 3.44. The van der Waals surface area contributed by atoms with Crippen molar-refractivity contribution in [1.29, 1.82) is 0 Å². The van der Waals surface area contributed by atoms with Gasteiger partial charge < -0.3 is 10.1 Å². The molecule has 0 fully saturated rings. The maximum Gasteiger partial charge on any atom is 0.340 e. The molecule has 0 bridgehead atoms. The van der Waals surface area contributed by atoms with Gasteiger partial charge >= 0.3 is 5.97 Å². The zero-order valence-corrected chi connectivity index (χ0v) is 11.7. The number of nitrogens with zero attached hydrogens (tertiary/aromatic N) is 1. The van der Waals surface area contributed by atoms with E-state index in [4.69, 9.17) is 0 Å². The molecule has 0 saturated heterocycles. The lowest BCUT2D eigenvalue weighted by molar-refractivity contribution is 0.0594. The Hall–Kier alpha value is -2.02. The Morgan fingerprint density at radius 1 is 1.40 bits per heavy atom. The standard InChI is InChI=1S/C13H12F2N2O2S/c1-7-17-8(6-20-7)5-16-10-4-3-9(13(18)19-2)11(14)12(10)15/h3-4,6,16H,5H2,1-2H3. The van der Waals surface area contributed by atoms with Crippen LogP contribution in [0, 0.1) is 18.6 Å². The summed E-state index contributed by atoms with van der Waals surface area (Å²) in [5.74, 6) is -3.25. The number of hydrogen-bond acceptors (Lipinski definition) is 5. The highest BCUT2D eigenvalue weighted by molar-refractivity contribution is 7.09. The Kier molecular flexibility index (Phi) is 4.29. The Morgan fingerprint density at radius 3 is 2.75 bits per heavy atom. The highest BCUT2D eigenvalue weighted by atomic mass is 32.1. The monoisotopic (exact) mass is 298 g/mol. The van der Waals surface area contributed by atoms with Crippen molar-refractivity contribution in [2.75, 3.05) is 12.4 Å². The molecule has 0 aliphatic carbocycles. The van der Waals surface area contributed by atoms with Gasteiger partial charge in [-0.2, -0.15) is 0 Å². The normalized spacial score (nSPS) is 10.4. The van der Waals surface area contributed by atoms with Crippen LogP contribution in [0.25, 0.3) is 0 Å². The van der Waals surface area contributed by atoms with Crippen LogP contribution in [0.5, 0.6) is 0 Å². The number of methoxy groups -OCH3 is 1. The second kappa shape index (κ2) is 5.96. The van der Waals surface area contributed by atoms with Crippen LogP contribution in [0.4, 0.5) is 14.5 Å². The number of halogens is 2. The zero-order chi connectivity index (χ0) is 14.7. The second-order valence-corrected chi connectivity index (χ2v) is 5.05. The molecular weight excluding hydrogens is 286 g/mol. The summed E-state index contributed by atoms with van der Waals surface area (Å²) >= 11 is 1.48. The second-order valence-electron chi connectivity index (χ2n) is 3.99. The maximum absolute atomic E-state index is 13.8. The number of carbonyl (C=O) groups is 1. The summed E-state index contributed by atoms with van der Waals surface area (Å²) < 4.78 is 31.9. The highest BCUT2D eigenvalue weighted by Gasteiger charge is 2.19. The molecular formula is C13H12F2N2O2S. The van der Waals surface area contributed by atoms with Crippen LogP contribution in [0.15, 0.2) is 17.5 Å². The van der Waals surface area contributed by atoms with Crippen LogP contribution in [0.3, 0.4) is 0 Å². The van der Waals surface area contributed by atoms with E-state index in [9.17, 15) is 13.6 Å². The summed E-state index contributed by atoms with van der Waals surface area (Å²) in [5.41, 5.74) is 0.283. The SMILES string of the molecule is COC(=O)c1ccc(NCc2csc(C)n2)c(F)c1F. The van der Waals surface area contributed by atoms with E-state index in [-0.39, 0.29) is 12.2 Å². The van der Waals surface area contributed by atoms with Gasteiger partial charge in [0.05, 0.1) is 35.6 Å². The number of nitrogens with one attached hydrogen (secondary N) is 1. The predicted octanol–water partition coefficient (Wildman–Crippen LogP) is 3.13. The van der Waals surface area contributed by atoms with Gasteiger partial charge in [-0.1, -0.05) is 0 Å². The van der Waals surface area contributed by atoms with Crippen LogP contribution in [0.2, 0.25) is 0 Å². The average molecular weight is 298 g/mol. The van der Waals surface area contributed by atoms with E-state index < -0.39 is 23.2 Å². The number of thiazole rings is 1. The first kappa shape index (κ1) is 14.4. The van der Waals surface area contributed by atoms with Crippen LogP contribution in [0.1, 0.15) is 21.1 Å². The molecule has 2 aromatic rings. The van der Waals surface area contributed by atoms with Gasteiger partial charge in [0.25, 0.3) is 0 Å². The largest absolute Gasteiger partial charge is 0.465 e. The highest BCUT2D eigenvalue weighted by Crippen LogP contribution is 2.22. The molecule has 0 aliphatic rings. The first-order valence-corrected chi connectivity index (χ1v) is 6.62. The summed E-state index contributed by atoms with van der Waals surface area (Å²) in [6.45, 7) is 2.14. The minimum atomic E-state index is -1.23. The minimum Gasteiger partial charge on any atom is -0.465 e. The number of aromatic nitrogens is 1. The van der Waals surface area contributed by atoms with Gasteiger partial charge in [-0.3, -0.25) is 0 Å². The van der Waals surface area contributed by atoms with E-state index in [0.717, 1.165) is 17.8 Å². The first-order valence-electron chi connectivity index (χ1n) is 5.74. The fourth-order valence-electron chi connectivity index (χ4n) is 1.63. The molecule has 1 aromatic carbocycles. The zero-order valence-electron chi connectivity index (χ0n) is 10.9. The molecule has 0 aliphatic heterocycles. The number of hydrogen-bond donors (Lipinski definition) is 1. The van der Waals surface area contributed by atoms with Gasteiger partial charge in [-0.05, 0) is 19.1 Å². The van der Waals surface area contributed by atoms with Crippen LogP contribution < -0.4 is 5.32 Å². The van der Waals surface area contributed by atoms with Crippen molar-refractivity contribution >= 4 is 23.0 Å². The molecule has 20 heavy (non-hydrogen) atoms. The number of ether oxygens (including phenoxy) is 1. The molecule has 0 radical (unpaired) electrons. The number of rotatable bonds is 4. The van der Waals surface area contributed by atoms with Crippen molar-refractivity contribution in [3.63, 3.8) is 0 Å². The van der Waals surface area contributed by atoms with Gasteiger partial charge in [0, 0.05) is 5.38 Å². The molecule has 106 valence electrons. The molecule has 0 saturated carbocycles. The third kappa shape index (κ3) is 2.93. The fraction of sp³-hybridized carbons (Fsp3) is 0.231. The topological polar surface area (TPSA) is 51.2 Å². The van der Waals surface area contributed by atoms with E-state index in [1.165, 1.54) is 23.5 Å². The van der Waals surface area contributed by atoms with Crippen LogP contribution in [-0.2, 0) is 11.3 Å². The van der Waals surface area contributed by atoms with Crippen molar-refractivity contribution in [3.05, 3.63) is 45.4 Å². The Labute approximate surface area is 118 Å². The molecule has 0 atom stereocenters. The molecule has 1 heterocycles. The number of esters is 1. The van der Waals surface area contributed by atoms with E-state index in [1.54, 1.807) is 0 Å². The molecule has 4 nitrogen and oxygen atoms in total. The Bertz CT molecular complexity index is 643. The third-order valence-electron chi connectivity index (χ3n) is 2.61. The summed E-state index contributed by atoms with van der Waals surface area (Å²) in [6, 6.07) is 2.47. The molecule has 0 spiro atoms. The lowest BCUT2D eigenvalue weighted by atomic mass is 10.2. The van der Waals surface area contributed by atoms with Crippen LogP contribution >= 0.6 is 11.3 Å². The first-order chi connectivity index (χ1) is 9.52. The van der Waals surface area contributed by atoms with E-state index in [0.29, 0.717) is 0 Å². The lowest BCUT2D eigenvalue weighted by Gasteiger charge is -2.08. The van der Waals surface area contributed by atoms with E-state index >= 15 is 0 Å². The molecule has 0 amide bonds. The number of carbonyl (C=O) groups excluding carboxylic acids is 1. The van der Waals surface area contributed by atoms with Crippen molar-refractivity contribution in [2.24, 2.45) is 0 Å². The summed E-state index contributed by atoms with van der Waals surface area (Å²) in [7, 11) is 1.11. The maximum atomic E-state index is 13.8. The van der Waals surface area contributed by atoms with Crippen molar-refractivity contribution in [3.8, 4) is 0 Å². The molecule has 1 N–H and O–H groups in total. The molecule has 2 rings (SSSR count). The predicted molar refractivity (Wildman–Crippen MR) is 71.9 cm³/mol. The Balaban J connectivity index is 2.17. The van der Waals surface area contributed by atoms with Gasteiger partial charge in [0.15, 0.2) is 11.6 Å². The van der Waals surface area contributed by atoms with Gasteiger partial charge in [-0.15, -0.1) is 11.3 Å². The van der Waals surface area contributed by atoms with E-state index in [2.05, 4.69) is 15.0 Å². The van der Waals surface area contributed by atoms with Crippen molar-refractivity contribution in [2.45, 2.75) is 13.5 Å². The Morgan fingerprint density at radius 2 is 2.15 bits per heavy atom. The average Bonchev–Trinajstić information content (AvgIpc) is 2.85. The van der Waals surface area contributed by atoms with Gasteiger partial charge in [-0.25, -0.2) is 18.6 Å².